The summed E-state index contributed by atoms with van der Waals surface area (Å²) in [5.41, 5.74) is 0.843. The molecule has 0 unspecified atom stereocenters. The number of halogens is 4. The maximum atomic E-state index is 13.1. The monoisotopic (exact) mass is 535 g/mol. The number of urea groups is 1. The summed E-state index contributed by atoms with van der Waals surface area (Å²) < 4.78 is 44.7. The predicted molar refractivity (Wildman–Crippen MR) is 134 cm³/mol. The van der Waals surface area contributed by atoms with E-state index in [4.69, 9.17) is 16.3 Å². The lowest BCUT2D eigenvalue weighted by Gasteiger charge is -2.25. The van der Waals surface area contributed by atoms with Crippen molar-refractivity contribution in [1.82, 2.24) is 19.9 Å². The third-order valence-corrected chi connectivity index (χ3v) is 5.86. The highest BCUT2D eigenvalue weighted by Gasteiger charge is 2.33. The van der Waals surface area contributed by atoms with Crippen LogP contribution >= 0.6 is 11.6 Å². The number of aryl methyl sites for hydroxylation is 2. The summed E-state index contributed by atoms with van der Waals surface area (Å²) in [5.74, 6) is 1.55. The third-order valence-electron chi connectivity index (χ3n) is 5.53. The van der Waals surface area contributed by atoms with E-state index in [2.05, 4.69) is 35.8 Å². The Morgan fingerprint density at radius 3 is 2.41 bits per heavy atom. The standard InChI is InChI=1S/C24H25ClF3N7O2/c1-14-3-4-17(32-23(36)31-16-5-6-19(25)18(11-16)24(26,27)28)12-20(14)33-22-30-15(2)29-21(34-22)13-35-7-9-37-10-8-35/h3-6,11-12H,7-10,13H2,1-2H3,(H2,31,32,36)(H,29,30,33,34). The number of aromatic nitrogens is 3. The van der Waals surface area contributed by atoms with Crippen molar-refractivity contribution >= 4 is 40.6 Å². The Morgan fingerprint density at radius 1 is 1.03 bits per heavy atom. The minimum absolute atomic E-state index is 0.0480. The molecule has 0 radical (unpaired) electrons. The topological polar surface area (TPSA) is 104 Å². The molecule has 0 spiro atoms. The number of hydrogen-bond donors (Lipinski definition) is 3. The Hall–Kier alpha value is -3.48. The van der Waals surface area contributed by atoms with Crippen molar-refractivity contribution in [2.75, 3.05) is 42.3 Å². The van der Waals surface area contributed by atoms with E-state index in [1.165, 1.54) is 6.07 Å². The molecule has 0 saturated carbocycles. The van der Waals surface area contributed by atoms with Gasteiger partial charge in [0.15, 0.2) is 0 Å². The first-order valence-corrected chi connectivity index (χ1v) is 11.8. The zero-order chi connectivity index (χ0) is 26.6. The molecule has 0 atom stereocenters. The van der Waals surface area contributed by atoms with Crippen LogP contribution in [0.15, 0.2) is 36.4 Å². The summed E-state index contributed by atoms with van der Waals surface area (Å²) in [6.07, 6.45) is -4.64. The van der Waals surface area contributed by atoms with E-state index in [1.807, 2.05) is 6.92 Å². The van der Waals surface area contributed by atoms with Gasteiger partial charge in [0.2, 0.25) is 5.95 Å². The average Bonchev–Trinajstić information content (AvgIpc) is 2.82. The molecule has 2 heterocycles. The second-order valence-corrected chi connectivity index (χ2v) is 8.84. The molecule has 1 fully saturated rings. The third kappa shape index (κ3) is 7.28. The zero-order valence-corrected chi connectivity index (χ0v) is 20.9. The van der Waals surface area contributed by atoms with Crippen LogP contribution in [-0.4, -0.2) is 52.2 Å². The van der Waals surface area contributed by atoms with Gasteiger partial charge in [-0.25, -0.2) is 9.78 Å². The molecular weight excluding hydrogens is 511 g/mol. The normalized spacial score (nSPS) is 14.3. The second-order valence-electron chi connectivity index (χ2n) is 8.44. The first-order chi connectivity index (χ1) is 17.6. The molecule has 2 amide bonds. The van der Waals surface area contributed by atoms with Gasteiger partial charge in [0.25, 0.3) is 0 Å². The van der Waals surface area contributed by atoms with Crippen LogP contribution in [0.3, 0.4) is 0 Å². The number of hydrogen-bond acceptors (Lipinski definition) is 7. The van der Waals surface area contributed by atoms with Crippen molar-refractivity contribution < 1.29 is 22.7 Å². The van der Waals surface area contributed by atoms with E-state index in [1.54, 1.807) is 25.1 Å². The van der Waals surface area contributed by atoms with Crippen molar-refractivity contribution in [3.05, 3.63) is 64.2 Å². The van der Waals surface area contributed by atoms with E-state index in [9.17, 15) is 18.0 Å². The number of carbonyl (C=O) groups is 1. The van der Waals surface area contributed by atoms with Crippen LogP contribution in [-0.2, 0) is 17.5 Å². The van der Waals surface area contributed by atoms with Gasteiger partial charge < -0.3 is 20.7 Å². The lowest BCUT2D eigenvalue weighted by molar-refractivity contribution is -0.137. The van der Waals surface area contributed by atoms with Crippen molar-refractivity contribution in [1.29, 1.82) is 0 Å². The molecule has 1 aliphatic rings. The van der Waals surface area contributed by atoms with Gasteiger partial charge in [-0.1, -0.05) is 17.7 Å². The summed E-state index contributed by atoms with van der Waals surface area (Å²) in [7, 11) is 0. The zero-order valence-electron chi connectivity index (χ0n) is 20.1. The van der Waals surface area contributed by atoms with Crippen LogP contribution < -0.4 is 16.0 Å². The first-order valence-electron chi connectivity index (χ1n) is 11.4. The summed E-state index contributed by atoms with van der Waals surface area (Å²) in [4.78, 5) is 28.0. The number of benzene rings is 2. The van der Waals surface area contributed by atoms with Gasteiger partial charge in [-0.3, -0.25) is 4.90 Å². The molecule has 9 nitrogen and oxygen atoms in total. The molecule has 196 valence electrons. The summed E-state index contributed by atoms with van der Waals surface area (Å²) >= 11 is 5.64. The minimum Gasteiger partial charge on any atom is -0.379 e. The molecule has 3 N–H and O–H groups in total. The fraction of sp³-hybridized carbons (Fsp3) is 0.333. The molecular formula is C24H25ClF3N7O2. The molecule has 1 aromatic heterocycles. The SMILES string of the molecule is Cc1nc(CN2CCOCC2)nc(Nc2cc(NC(=O)Nc3ccc(Cl)c(C(F)(F)F)c3)ccc2C)n1. The van der Waals surface area contributed by atoms with Crippen molar-refractivity contribution in [3.63, 3.8) is 0 Å². The fourth-order valence-electron chi connectivity index (χ4n) is 3.69. The summed E-state index contributed by atoms with van der Waals surface area (Å²) in [6.45, 7) is 7.17. The van der Waals surface area contributed by atoms with Gasteiger partial charge in [0.1, 0.15) is 11.6 Å². The molecule has 0 aliphatic carbocycles. The largest absolute Gasteiger partial charge is 0.417 e. The van der Waals surface area contributed by atoms with Gasteiger partial charge in [-0.05, 0) is 49.7 Å². The number of anilines is 4. The maximum Gasteiger partial charge on any atom is 0.417 e. The van der Waals surface area contributed by atoms with Crippen molar-refractivity contribution in [2.24, 2.45) is 0 Å². The number of nitrogens with one attached hydrogen (secondary N) is 3. The highest BCUT2D eigenvalue weighted by atomic mass is 35.5. The number of rotatable bonds is 6. The van der Waals surface area contributed by atoms with Crippen LogP contribution in [0.2, 0.25) is 5.02 Å². The van der Waals surface area contributed by atoms with Crippen LogP contribution in [0.25, 0.3) is 0 Å². The Bertz CT molecular complexity index is 1280. The molecule has 1 saturated heterocycles. The number of ether oxygens (including phenoxy) is 1. The molecule has 4 rings (SSSR count). The van der Waals surface area contributed by atoms with Crippen molar-refractivity contribution in [2.45, 2.75) is 26.6 Å². The van der Waals surface area contributed by atoms with Gasteiger partial charge in [-0.15, -0.1) is 0 Å². The fourth-order valence-corrected chi connectivity index (χ4v) is 3.92. The number of carbonyl (C=O) groups excluding carboxylic acids is 1. The smallest absolute Gasteiger partial charge is 0.379 e. The Balaban J connectivity index is 1.45. The predicted octanol–water partition coefficient (Wildman–Crippen LogP) is 5.38. The first kappa shape index (κ1) is 26.6. The highest BCUT2D eigenvalue weighted by molar-refractivity contribution is 6.31. The lowest BCUT2D eigenvalue weighted by Crippen LogP contribution is -2.36. The van der Waals surface area contributed by atoms with Crippen LogP contribution in [0.1, 0.15) is 22.8 Å². The second kappa shape index (κ2) is 11.3. The number of nitrogens with zero attached hydrogens (tertiary/aromatic N) is 4. The minimum atomic E-state index is -4.64. The Morgan fingerprint density at radius 2 is 1.70 bits per heavy atom. The van der Waals surface area contributed by atoms with E-state index in [0.29, 0.717) is 48.7 Å². The number of amides is 2. The molecule has 2 aromatic carbocycles. The van der Waals surface area contributed by atoms with Crippen LogP contribution in [0, 0.1) is 13.8 Å². The molecule has 0 bridgehead atoms. The number of alkyl halides is 3. The summed E-state index contributed by atoms with van der Waals surface area (Å²) in [6, 6.07) is 7.57. The number of morpholine rings is 1. The Kier molecular flexibility index (Phi) is 8.10. The lowest BCUT2D eigenvalue weighted by atomic mass is 10.2. The molecule has 13 heteroatoms. The highest BCUT2D eigenvalue weighted by Crippen LogP contribution is 2.36. The van der Waals surface area contributed by atoms with Gasteiger partial charge in [0, 0.05) is 30.2 Å². The van der Waals surface area contributed by atoms with Gasteiger partial charge in [-0.2, -0.15) is 23.1 Å². The summed E-state index contributed by atoms with van der Waals surface area (Å²) in [5, 5.41) is 7.73. The van der Waals surface area contributed by atoms with E-state index < -0.39 is 22.8 Å². The molecule has 1 aliphatic heterocycles. The molecule has 3 aromatic rings. The van der Waals surface area contributed by atoms with Crippen LogP contribution in [0.5, 0.6) is 0 Å². The van der Waals surface area contributed by atoms with E-state index >= 15 is 0 Å². The average molecular weight is 536 g/mol. The van der Waals surface area contributed by atoms with Gasteiger partial charge >= 0.3 is 12.2 Å². The van der Waals surface area contributed by atoms with Gasteiger partial charge in [0.05, 0.1) is 30.3 Å². The van der Waals surface area contributed by atoms with E-state index in [-0.39, 0.29) is 5.69 Å². The van der Waals surface area contributed by atoms with Crippen molar-refractivity contribution in [3.8, 4) is 0 Å². The molecule has 37 heavy (non-hydrogen) atoms. The quantitative estimate of drug-likeness (QED) is 0.389. The van der Waals surface area contributed by atoms with Crippen LogP contribution in [0.4, 0.5) is 41.0 Å². The maximum absolute atomic E-state index is 13.1. The van der Waals surface area contributed by atoms with E-state index in [0.717, 1.165) is 30.8 Å². The Labute approximate surface area is 216 Å².